The van der Waals surface area contributed by atoms with E-state index in [4.69, 9.17) is 5.11 Å². The van der Waals surface area contributed by atoms with Gasteiger partial charge in [-0.05, 0) is 38.8 Å². The van der Waals surface area contributed by atoms with E-state index in [1.807, 2.05) is 4.90 Å². The quantitative estimate of drug-likeness (QED) is 0.742. The maximum absolute atomic E-state index is 12.0. The number of urea groups is 1. The van der Waals surface area contributed by atoms with Crippen molar-refractivity contribution in [3.63, 3.8) is 0 Å². The third-order valence-corrected chi connectivity index (χ3v) is 4.20. The molecular formula is C14H25N3O3. The van der Waals surface area contributed by atoms with E-state index in [1.54, 1.807) is 0 Å². The van der Waals surface area contributed by atoms with Gasteiger partial charge in [-0.1, -0.05) is 6.42 Å². The van der Waals surface area contributed by atoms with Crippen LogP contribution in [0.15, 0.2) is 0 Å². The molecule has 0 aromatic rings. The first-order valence-electron chi connectivity index (χ1n) is 7.65. The molecule has 114 valence electrons. The van der Waals surface area contributed by atoms with Crippen LogP contribution in [0.4, 0.5) is 4.79 Å². The van der Waals surface area contributed by atoms with Gasteiger partial charge in [0.25, 0.3) is 0 Å². The van der Waals surface area contributed by atoms with Crippen LogP contribution in [0, 0.1) is 0 Å². The second-order valence-electron chi connectivity index (χ2n) is 5.71. The molecule has 2 amide bonds. The van der Waals surface area contributed by atoms with Crippen molar-refractivity contribution >= 4 is 12.0 Å². The molecule has 6 heteroatoms. The molecule has 0 aliphatic carbocycles. The van der Waals surface area contributed by atoms with Gasteiger partial charge >= 0.3 is 12.0 Å². The van der Waals surface area contributed by atoms with Gasteiger partial charge in [-0.25, -0.2) is 4.79 Å². The highest BCUT2D eigenvalue weighted by Crippen LogP contribution is 2.20. The van der Waals surface area contributed by atoms with Crippen molar-refractivity contribution < 1.29 is 14.7 Å². The summed E-state index contributed by atoms with van der Waals surface area (Å²) in [7, 11) is 0. The Kier molecular flexibility index (Phi) is 5.64. The molecule has 20 heavy (non-hydrogen) atoms. The van der Waals surface area contributed by atoms with Crippen molar-refractivity contribution in [2.75, 3.05) is 32.7 Å². The van der Waals surface area contributed by atoms with Crippen molar-refractivity contribution in [3.05, 3.63) is 0 Å². The van der Waals surface area contributed by atoms with Crippen LogP contribution in [0.25, 0.3) is 0 Å². The fraction of sp³-hybridized carbons (Fsp3) is 0.857. The average molecular weight is 283 g/mol. The van der Waals surface area contributed by atoms with Gasteiger partial charge < -0.3 is 15.3 Å². The third-order valence-electron chi connectivity index (χ3n) is 4.20. The predicted molar refractivity (Wildman–Crippen MR) is 75.7 cm³/mol. The van der Waals surface area contributed by atoms with E-state index in [9.17, 15) is 9.59 Å². The summed E-state index contributed by atoms with van der Waals surface area (Å²) in [4.78, 5) is 26.7. The summed E-state index contributed by atoms with van der Waals surface area (Å²) in [6.45, 7) is 4.39. The van der Waals surface area contributed by atoms with Gasteiger partial charge in [0.15, 0.2) is 0 Å². The number of carbonyl (C=O) groups is 2. The van der Waals surface area contributed by atoms with Gasteiger partial charge in [-0.15, -0.1) is 0 Å². The van der Waals surface area contributed by atoms with E-state index in [1.165, 1.54) is 32.4 Å². The molecule has 0 radical (unpaired) electrons. The van der Waals surface area contributed by atoms with E-state index in [-0.39, 0.29) is 12.5 Å². The summed E-state index contributed by atoms with van der Waals surface area (Å²) >= 11 is 0. The Morgan fingerprint density at radius 1 is 1.15 bits per heavy atom. The van der Waals surface area contributed by atoms with E-state index in [2.05, 4.69) is 10.2 Å². The number of carbonyl (C=O) groups excluding carboxylic acids is 1. The number of carboxylic acids is 1. The van der Waals surface area contributed by atoms with E-state index >= 15 is 0 Å². The Balaban J connectivity index is 1.66. The van der Waals surface area contributed by atoms with Gasteiger partial charge in [0.1, 0.15) is 0 Å². The van der Waals surface area contributed by atoms with Crippen LogP contribution < -0.4 is 5.32 Å². The molecule has 0 saturated carbocycles. The number of carboxylic acid groups (broad SMARTS) is 1. The fourth-order valence-corrected chi connectivity index (χ4v) is 3.05. The maximum Gasteiger partial charge on any atom is 0.317 e. The van der Waals surface area contributed by atoms with Crippen molar-refractivity contribution in [2.24, 2.45) is 0 Å². The number of rotatable bonds is 5. The third kappa shape index (κ3) is 4.37. The molecular weight excluding hydrogens is 258 g/mol. The van der Waals surface area contributed by atoms with Crippen LogP contribution in [-0.2, 0) is 4.79 Å². The minimum absolute atomic E-state index is 0.0464. The minimum Gasteiger partial charge on any atom is -0.481 e. The molecule has 6 nitrogen and oxygen atoms in total. The number of nitrogens with one attached hydrogen (secondary N) is 1. The maximum atomic E-state index is 12.0. The highest BCUT2D eigenvalue weighted by atomic mass is 16.4. The molecule has 1 unspecified atom stereocenters. The lowest BCUT2D eigenvalue weighted by atomic mass is 10.1. The van der Waals surface area contributed by atoms with Crippen LogP contribution in [0.2, 0.25) is 0 Å². The van der Waals surface area contributed by atoms with E-state index in [0.29, 0.717) is 19.0 Å². The molecule has 2 aliphatic heterocycles. The predicted octanol–water partition coefficient (Wildman–Crippen LogP) is 1.12. The number of piperidine rings is 1. The van der Waals surface area contributed by atoms with Crippen molar-refractivity contribution in [3.8, 4) is 0 Å². The average Bonchev–Trinajstić information content (AvgIpc) is 2.94. The number of likely N-dealkylation sites (tertiary alicyclic amines) is 2. The van der Waals surface area contributed by atoms with Crippen LogP contribution >= 0.6 is 0 Å². The Hall–Kier alpha value is -1.30. The Morgan fingerprint density at radius 2 is 1.90 bits per heavy atom. The summed E-state index contributed by atoms with van der Waals surface area (Å²) in [5.74, 6) is -0.814. The number of hydrogen-bond acceptors (Lipinski definition) is 3. The molecule has 0 spiro atoms. The number of aliphatic carboxylic acids is 1. The summed E-state index contributed by atoms with van der Waals surface area (Å²) in [6.07, 6.45) is 5.54. The topological polar surface area (TPSA) is 72.9 Å². The molecule has 0 aromatic carbocycles. The lowest BCUT2D eigenvalue weighted by Crippen LogP contribution is -2.44. The molecule has 2 saturated heterocycles. The highest BCUT2D eigenvalue weighted by Gasteiger charge is 2.30. The normalized spacial score (nSPS) is 23.8. The van der Waals surface area contributed by atoms with Gasteiger partial charge in [-0.3, -0.25) is 9.69 Å². The summed E-state index contributed by atoms with van der Waals surface area (Å²) < 4.78 is 0. The zero-order valence-electron chi connectivity index (χ0n) is 12.0. The Bertz CT molecular complexity index is 343. The number of hydrogen-bond donors (Lipinski definition) is 2. The zero-order chi connectivity index (χ0) is 14.4. The van der Waals surface area contributed by atoms with Gasteiger partial charge in [0, 0.05) is 32.1 Å². The largest absolute Gasteiger partial charge is 0.481 e. The van der Waals surface area contributed by atoms with E-state index < -0.39 is 5.97 Å². The van der Waals surface area contributed by atoms with Crippen LogP contribution in [0.1, 0.15) is 38.5 Å². The molecule has 2 rings (SSSR count). The minimum atomic E-state index is -0.814. The van der Waals surface area contributed by atoms with Crippen LogP contribution in [0.3, 0.4) is 0 Å². The van der Waals surface area contributed by atoms with Crippen LogP contribution in [0.5, 0.6) is 0 Å². The zero-order valence-corrected chi connectivity index (χ0v) is 12.0. The molecule has 2 fully saturated rings. The van der Waals surface area contributed by atoms with Crippen molar-refractivity contribution in [2.45, 2.75) is 44.6 Å². The smallest absolute Gasteiger partial charge is 0.317 e. The molecule has 2 aliphatic rings. The van der Waals surface area contributed by atoms with Gasteiger partial charge in [0.2, 0.25) is 0 Å². The number of nitrogens with zero attached hydrogens (tertiary/aromatic N) is 2. The number of amides is 2. The molecule has 0 aromatic heterocycles. The monoisotopic (exact) mass is 283 g/mol. The van der Waals surface area contributed by atoms with Crippen molar-refractivity contribution in [1.82, 2.24) is 15.1 Å². The summed E-state index contributed by atoms with van der Waals surface area (Å²) in [5, 5.41) is 11.3. The van der Waals surface area contributed by atoms with Gasteiger partial charge in [0.05, 0.1) is 0 Å². The molecule has 2 N–H and O–H groups in total. The van der Waals surface area contributed by atoms with Crippen molar-refractivity contribution in [1.29, 1.82) is 0 Å². The summed E-state index contributed by atoms with van der Waals surface area (Å²) in [6, 6.07) is 0.468. The Morgan fingerprint density at radius 3 is 2.60 bits per heavy atom. The van der Waals surface area contributed by atoms with E-state index in [0.717, 1.165) is 19.5 Å². The first kappa shape index (κ1) is 15.1. The standard InChI is InChI=1S/C14H25N3O3/c18-13(19)5-4-7-15-14(20)17-10-6-12(11-17)16-8-2-1-3-9-16/h12H,1-11H2,(H,15,20)(H,18,19). The second kappa shape index (κ2) is 7.47. The fourth-order valence-electron chi connectivity index (χ4n) is 3.05. The lowest BCUT2D eigenvalue weighted by Gasteiger charge is -2.32. The molecule has 0 bridgehead atoms. The SMILES string of the molecule is O=C(O)CCCNC(=O)N1CCC(N2CCCCC2)C1. The molecule has 1 atom stereocenters. The second-order valence-corrected chi connectivity index (χ2v) is 5.71. The summed E-state index contributed by atoms with van der Waals surface area (Å²) in [5.41, 5.74) is 0. The Labute approximate surface area is 120 Å². The first-order valence-corrected chi connectivity index (χ1v) is 7.65. The van der Waals surface area contributed by atoms with Gasteiger partial charge in [-0.2, -0.15) is 0 Å². The van der Waals surface area contributed by atoms with Crippen LogP contribution in [-0.4, -0.2) is 65.7 Å². The lowest BCUT2D eigenvalue weighted by molar-refractivity contribution is -0.137. The first-order chi connectivity index (χ1) is 9.66. The highest BCUT2D eigenvalue weighted by molar-refractivity contribution is 5.74. The molecule has 2 heterocycles.